The summed E-state index contributed by atoms with van der Waals surface area (Å²) < 4.78 is 7.13. The highest BCUT2D eigenvalue weighted by atomic mass is 16.5. The third kappa shape index (κ3) is 6.55. The third-order valence-corrected chi connectivity index (χ3v) is 6.79. The van der Waals surface area contributed by atoms with Crippen LogP contribution in [0.2, 0.25) is 0 Å². The second kappa shape index (κ2) is 12.1. The number of aliphatic hydroxyl groups excluding tert-OH is 1. The quantitative estimate of drug-likeness (QED) is 0.332. The van der Waals surface area contributed by atoms with E-state index in [4.69, 9.17) is 4.74 Å². The number of rotatable bonds is 10. The van der Waals surface area contributed by atoms with Crippen LogP contribution in [0.5, 0.6) is 0 Å². The van der Waals surface area contributed by atoms with E-state index in [1.54, 1.807) is 35.1 Å². The zero-order valence-corrected chi connectivity index (χ0v) is 20.7. The molecule has 2 aromatic carbocycles. The van der Waals surface area contributed by atoms with E-state index in [-0.39, 0.29) is 18.7 Å². The van der Waals surface area contributed by atoms with Crippen molar-refractivity contribution in [1.82, 2.24) is 19.9 Å². The smallest absolute Gasteiger partial charge is 0.338 e. The lowest BCUT2D eigenvalue weighted by Gasteiger charge is -2.42. The highest BCUT2D eigenvalue weighted by molar-refractivity contribution is 5.89. The molecule has 7 heteroatoms. The Kier molecular flexibility index (Phi) is 8.66. The molecule has 0 bridgehead atoms. The zero-order valence-electron chi connectivity index (χ0n) is 20.7. The van der Waals surface area contributed by atoms with Crippen LogP contribution in [0.1, 0.15) is 78.3 Å². The van der Waals surface area contributed by atoms with E-state index < -0.39 is 12.1 Å². The third-order valence-electron chi connectivity index (χ3n) is 6.79. The lowest BCUT2D eigenvalue weighted by molar-refractivity contribution is -0.00778. The summed E-state index contributed by atoms with van der Waals surface area (Å²) in [5.41, 5.74) is 3.55. The van der Waals surface area contributed by atoms with Gasteiger partial charge in [0.2, 0.25) is 0 Å². The van der Waals surface area contributed by atoms with Crippen LogP contribution in [0.4, 0.5) is 0 Å². The van der Waals surface area contributed by atoms with Crippen LogP contribution in [0, 0.1) is 6.92 Å². The molecule has 1 N–H and O–H groups in total. The lowest BCUT2D eigenvalue weighted by Crippen LogP contribution is -2.46. The molecule has 0 spiro atoms. The molecule has 3 aromatic rings. The molecular weight excluding hydrogens is 440 g/mol. The van der Waals surface area contributed by atoms with Crippen LogP contribution in [0.15, 0.2) is 60.8 Å². The van der Waals surface area contributed by atoms with E-state index in [1.165, 1.54) is 30.4 Å². The maximum Gasteiger partial charge on any atom is 0.338 e. The number of benzene rings is 2. The van der Waals surface area contributed by atoms with Gasteiger partial charge in [0, 0.05) is 12.6 Å². The second-order valence-electron chi connectivity index (χ2n) is 9.48. The summed E-state index contributed by atoms with van der Waals surface area (Å²) in [6, 6.07) is 17.5. The summed E-state index contributed by atoms with van der Waals surface area (Å²) in [6.45, 7) is 6.04. The van der Waals surface area contributed by atoms with Gasteiger partial charge in [0.25, 0.3) is 0 Å². The molecule has 1 aliphatic rings. The Morgan fingerprint density at radius 2 is 1.86 bits per heavy atom. The molecule has 2 heterocycles. The number of aromatic nitrogens is 3. The molecular formula is C28H36N4O3. The molecule has 35 heavy (non-hydrogen) atoms. The number of nitrogens with zero attached hydrogens (tertiary/aromatic N) is 4. The molecule has 7 nitrogen and oxygen atoms in total. The Balaban J connectivity index is 1.43. The van der Waals surface area contributed by atoms with E-state index in [0.29, 0.717) is 24.2 Å². The second-order valence-corrected chi connectivity index (χ2v) is 9.48. The van der Waals surface area contributed by atoms with Gasteiger partial charge in [-0.15, -0.1) is 5.10 Å². The van der Waals surface area contributed by atoms with Crippen molar-refractivity contribution >= 4 is 5.97 Å². The van der Waals surface area contributed by atoms with Crippen LogP contribution in [0.25, 0.3) is 0 Å². The van der Waals surface area contributed by atoms with Gasteiger partial charge in [-0.3, -0.25) is 4.90 Å². The van der Waals surface area contributed by atoms with Crippen molar-refractivity contribution in [1.29, 1.82) is 0 Å². The SMILES string of the molecule is CCCCCCN1C[C@H](n2cc(COC(=O)c3ccccc3)nn2)[C@@H](O)C[C@@H]1c1ccc(C)cc1. The predicted octanol–water partition coefficient (Wildman–Crippen LogP) is 4.87. The number of unbranched alkanes of at least 4 members (excludes halogenated alkanes) is 3. The number of likely N-dealkylation sites (tertiary alicyclic amines) is 1. The Bertz CT molecular complexity index is 1070. The number of hydrogen-bond donors (Lipinski definition) is 1. The number of carbonyl (C=O) groups excluding carboxylic acids is 1. The molecule has 0 saturated carbocycles. The average Bonchev–Trinajstić information content (AvgIpc) is 3.35. The maximum atomic E-state index is 12.2. The normalized spacial score (nSPS) is 20.6. The van der Waals surface area contributed by atoms with Gasteiger partial charge < -0.3 is 9.84 Å². The van der Waals surface area contributed by atoms with E-state index in [0.717, 1.165) is 13.0 Å². The van der Waals surface area contributed by atoms with Crippen LogP contribution in [0.3, 0.4) is 0 Å². The zero-order chi connectivity index (χ0) is 24.6. The van der Waals surface area contributed by atoms with E-state index in [9.17, 15) is 9.90 Å². The fourth-order valence-electron chi connectivity index (χ4n) is 4.75. The summed E-state index contributed by atoms with van der Waals surface area (Å²) in [6.07, 6.45) is 6.67. The monoisotopic (exact) mass is 476 g/mol. The summed E-state index contributed by atoms with van der Waals surface area (Å²) >= 11 is 0. The first-order valence-electron chi connectivity index (χ1n) is 12.7. The number of ether oxygens (including phenoxy) is 1. The summed E-state index contributed by atoms with van der Waals surface area (Å²) in [5.74, 6) is -0.392. The largest absolute Gasteiger partial charge is 0.455 e. The average molecular weight is 477 g/mol. The molecule has 1 aromatic heterocycles. The van der Waals surface area contributed by atoms with Gasteiger partial charge >= 0.3 is 5.97 Å². The summed E-state index contributed by atoms with van der Waals surface area (Å²) in [4.78, 5) is 14.7. The van der Waals surface area contributed by atoms with Gasteiger partial charge in [-0.1, -0.05) is 79.4 Å². The predicted molar refractivity (Wildman–Crippen MR) is 135 cm³/mol. The van der Waals surface area contributed by atoms with Gasteiger partial charge in [0.15, 0.2) is 0 Å². The van der Waals surface area contributed by atoms with E-state index >= 15 is 0 Å². The van der Waals surface area contributed by atoms with E-state index in [2.05, 4.69) is 53.3 Å². The first kappa shape index (κ1) is 25.1. The fraction of sp³-hybridized carbons (Fsp3) is 0.464. The molecule has 1 aliphatic heterocycles. The Morgan fingerprint density at radius 3 is 2.60 bits per heavy atom. The van der Waals surface area contributed by atoms with Crippen molar-refractivity contribution in [2.45, 2.75) is 70.7 Å². The molecule has 0 unspecified atom stereocenters. The number of carbonyl (C=O) groups is 1. The molecule has 1 fully saturated rings. The highest BCUT2D eigenvalue weighted by Gasteiger charge is 2.36. The fourth-order valence-corrected chi connectivity index (χ4v) is 4.75. The standard InChI is InChI=1S/C28H36N4O3/c1-3-4-5-9-16-31-19-26(27(33)17-25(31)22-14-12-21(2)13-15-22)32-18-24(29-30-32)20-35-28(34)23-10-7-6-8-11-23/h6-8,10-15,18,25-27,33H,3-5,9,16-17,19-20H2,1-2H3/t25-,26+,27+/m1/s1. The van der Waals surface area contributed by atoms with Crippen LogP contribution >= 0.6 is 0 Å². The molecule has 1 saturated heterocycles. The number of hydrogen-bond acceptors (Lipinski definition) is 6. The van der Waals surface area contributed by atoms with Crippen molar-refractivity contribution < 1.29 is 14.6 Å². The molecule has 186 valence electrons. The van der Waals surface area contributed by atoms with Gasteiger partial charge in [-0.05, 0) is 44.0 Å². The van der Waals surface area contributed by atoms with Crippen LogP contribution in [-0.2, 0) is 11.3 Å². The maximum absolute atomic E-state index is 12.2. The van der Waals surface area contributed by atoms with Crippen molar-refractivity contribution in [2.75, 3.05) is 13.1 Å². The molecule has 0 aliphatic carbocycles. The number of piperidine rings is 1. The Morgan fingerprint density at radius 1 is 1.09 bits per heavy atom. The van der Waals surface area contributed by atoms with Crippen LogP contribution < -0.4 is 0 Å². The van der Waals surface area contributed by atoms with Gasteiger partial charge in [-0.2, -0.15) is 0 Å². The summed E-state index contributed by atoms with van der Waals surface area (Å²) in [7, 11) is 0. The van der Waals surface area contributed by atoms with Crippen molar-refractivity contribution in [3.8, 4) is 0 Å². The van der Waals surface area contributed by atoms with Crippen molar-refractivity contribution in [3.63, 3.8) is 0 Å². The number of esters is 1. The highest BCUT2D eigenvalue weighted by Crippen LogP contribution is 2.36. The van der Waals surface area contributed by atoms with Gasteiger partial charge in [-0.25, -0.2) is 9.48 Å². The topological polar surface area (TPSA) is 80.5 Å². The van der Waals surface area contributed by atoms with E-state index in [1.807, 2.05) is 6.07 Å². The minimum Gasteiger partial charge on any atom is -0.455 e. The molecule has 0 amide bonds. The number of aryl methyl sites for hydroxylation is 1. The number of aliphatic hydroxyl groups is 1. The summed E-state index contributed by atoms with van der Waals surface area (Å²) in [5, 5.41) is 19.6. The van der Waals surface area contributed by atoms with Gasteiger partial charge in [0.05, 0.1) is 23.9 Å². The lowest BCUT2D eigenvalue weighted by atomic mass is 9.90. The van der Waals surface area contributed by atoms with Crippen molar-refractivity contribution in [2.24, 2.45) is 0 Å². The molecule has 4 rings (SSSR count). The van der Waals surface area contributed by atoms with Gasteiger partial charge in [0.1, 0.15) is 12.3 Å². The van der Waals surface area contributed by atoms with Crippen LogP contribution in [-0.4, -0.2) is 50.2 Å². The Labute approximate surface area is 207 Å². The minimum absolute atomic E-state index is 0.0449. The first-order valence-corrected chi connectivity index (χ1v) is 12.7. The molecule has 3 atom stereocenters. The molecule has 0 radical (unpaired) electrons. The Hall–Kier alpha value is -3.03. The van der Waals surface area contributed by atoms with Crippen molar-refractivity contribution in [3.05, 3.63) is 83.2 Å². The minimum atomic E-state index is -0.547. The first-order chi connectivity index (χ1) is 17.0.